The highest BCUT2D eigenvalue weighted by Crippen LogP contribution is 2.30. The van der Waals surface area contributed by atoms with Crippen LogP contribution in [0, 0.1) is 20.8 Å². The van der Waals surface area contributed by atoms with Gasteiger partial charge in [0.15, 0.2) is 0 Å². The highest BCUT2D eigenvalue weighted by atomic mass is 16.4. The van der Waals surface area contributed by atoms with Gasteiger partial charge in [0.25, 0.3) is 5.56 Å². The maximum absolute atomic E-state index is 13.5. The molecular formula is C29H28N4O3. The van der Waals surface area contributed by atoms with Crippen molar-refractivity contribution >= 4 is 28.2 Å². The molecule has 2 aromatic carbocycles. The Balaban J connectivity index is 1.69. The lowest BCUT2D eigenvalue weighted by atomic mass is 10.0. The highest BCUT2D eigenvalue weighted by Gasteiger charge is 2.19. The zero-order valence-electron chi connectivity index (χ0n) is 21.0. The molecule has 5 aromatic rings. The number of para-hydroxylation sites is 1. The Labute approximate surface area is 208 Å². The van der Waals surface area contributed by atoms with Crippen LogP contribution in [0.25, 0.3) is 27.8 Å². The number of fused-ring (bicyclic) bond motifs is 2. The normalized spacial score (nSPS) is 12.2. The predicted molar refractivity (Wildman–Crippen MR) is 143 cm³/mol. The van der Waals surface area contributed by atoms with E-state index in [0.717, 1.165) is 33.2 Å². The number of aromatic nitrogens is 3. The Bertz CT molecular complexity index is 1730. The molecule has 7 nitrogen and oxygen atoms in total. The SMILES string of the molecule is Cc1cc([C@H](C)Nc2ccccc2C(=O)O)c2nc(-c3ccc4c(c3)c(C)cn4C)c(C)c(=O)n2c1. The molecule has 0 unspecified atom stereocenters. The van der Waals surface area contributed by atoms with Gasteiger partial charge in [-0.2, -0.15) is 0 Å². The molecule has 182 valence electrons. The van der Waals surface area contributed by atoms with Crippen LogP contribution in [0.2, 0.25) is 0 Å². The van der Waals surface area contributed by atoms with Gasteiger partial charge in [-0.1, -0.05) is 18.2 Å². The van der Waals surface area contributed by atoms with E-state index >= 15 is 0 Å². The number of carbonyl (C=O) groups is 1. The number of anilines is 1. The minimum atomic E-state index is -1.00. The first-order valence-corrected chi connectivity index (χ1v) is 11.8. The van der Waals surface area contributed by atoms with E-state index in [1.54, 1.807) is 34.9 Å². The van der Waals surface area contributed by atoms with E-state index < -0.39 is 5.97 Å². The van der Waals surface area contributed by atoms with Crippen LogP contribution in [0.3, 0.4) is 0 Å². The average molecular weight is 481 g/mol. The maximum Gasteiger partial charge on any atom is 0.337 e. The molecule has 0 spiro atoms. The molecule has 2 N–H and O–H groups in total. The second-order valence-corrected chi connectivity index (χ2v) is 9.43. The van der Waals surface area contributed by atoms with Crippen molar-refractivity contribution in [3.05, 3.63) is 99.1 Å². The summed E-state index contributed by atoms with van der Waals surface area (Å²) < 4.78 is 3.68. The van der Waals surface area contributed by atoms with Gasteiger partial charge in [0.1, 0.15) is 5.65 Å². The maximum atomic E-state index is 13.5. The molecule has 7 heteroatoms. The Morgan fingerprint density at radius 3 is 2.56 bits per heavy atom. The first-order chi connectivity index (χ1) is 17.2. The Hall–Kier alpha value is -4.39. The molecule has 0 radical (unpaired) electrons. The van der Waals surface area contributed by atoms with Crippen LogP contribution < -0.4 is 10.9 Å². The summed E-state index contributed by atoms with van der Waals surface area (Å²) in [5.74, 6) is -1.00. The summed E-state index contributed by atoms with van der Waals surface area (Å²) in [4.78, 5) is 30.2. The number of nitrogens with zero attached hydrogens (tertiary/aromatic N) is 3. The van der Waals surface area contributed by atoms with Crippen molar-refractivity contribution in [3.63, 3.8) is 0 Å². The van der Waals surface area contributed by atoms with Gasteiger partial charge in [0, 0.05) is 52.7 Å². The van der Waals surface area contributed by atoms with Crippen LogP contribution in [0.1, 0.15) is 45.6 Å². The highest BCUT2D eigenvalue weighted by molar-refractivity contribution is 5.94. The summed E-state index contributed by atoms with van der Waals surface area (Å²) >= 11 is 0. The van der Waals surface area contributed by atoms with Crippen molar-refractivity contribution in [2.75, 3.05) is 5.32 Å². The van der Waals surface area contributed by atoms with E-state index in [9.17, 15) is 14.7 Å². The van der Waals surface area contributed by atoms with Crippen molar-refractivity contribution in [1.29, 1.82) is 0 Å². The third-order valence-corrected chi connectivity index (χ3v) is 6.77. The molecule has 0 saturated carbocycles. The molecule has 3 heterocycles. The number of pyridine rings is 1. The molecule has 36 heavy (non-hydrogen) atoms. The summed E-state index contributed by atoms with van der Waals surface area (Å²) in [6.45, 7) is 7.76. The van der Waals surface area contributed by atoms with Crippen molar-refractivity contribution in [1.82, 2.24) is 14.0 Å². The van der Waals surface area contributed by atoms with Gasteiger partial charge >= 0.3 is 5.97 Å². The van der Waals surface area contributed by atoms with Gasteiger partial charge in [-0.15, -0.1) is 0 Å². The first kappa shape index (κ1) is 23.4. The van der Waals surface area contributed by atoms with Crippen LogP contribution >= 0.6 is 0 Å². The van der Waals surface area contributed by atoms with Gasteiger partial charge in [-0.3, -0.25) is 9.20 Å². The van der Waals surface area contributed by atoms with Crippen LogP contribution in [0.5, 0.6) is 0 Å². The van der Waals surface area contributed by atoms with E-state index in [0.29, 0.717) is 22.6 Å². The molecule has 0 amide bonds. The van der Waals surface area contributed by atoms with Crippen LogP contribution in [0.4, 0.5) is 5.69 Å². The summed E-state index contributed by atoms with van der Waals surface area (Å²) in [6, 6.07) is 14.6. The lowest BCUT2D eigenvalue weighted by molar-refractivity contribution is 0.0698. The molecule has 0 fully saturated rings. The Morgan fingerprint density at radius 1 is 1.06 bits per heavy atom. The molecule has 0 bridgehead atoms. The van der Waals surface area contributed by atoms with E-state index in [-0.39, 0.29) is 17.2 Å². The fraction of sp³-hybridized carbons (Fsp3) is 0.207. The number of carboxylic acids is 1. The number of rotatable bonds is 5. The quantitative estimate of drug-likeness (QED) is 0.339. The third kappa shape index (κ3) is 3.82. The molecule has 0 aliphatic heterocycles. The summed E-state index contributed by atoms with van der Waals surface area (Å²) in [5, 5.41) is 14.0. The number of carboxylic acid groups (broad SMARTS) is 1. The zero-order chi connectivity index (χ0) is 25.7. The van der Waals surface area contributed by atoms with E-state index in [2.05, 4.69) is 35.1 Å². The monoisotopic (exact) mass is 480 g/mol. The topological polar surface area (TPSA) is 88.6 Å². The number of aryl methyl sites for hydroxylation is 3. The fourth-order valence-corrected chi connectivity index (χ4v) is 4.94. The standard InChI is InChI=1S/C29H28N4O3/c1-16-12-23(19(4)30-24-9-7-6-8-21(24)29(35)36)27-31-26(18(3)28(34)33(27)14-16)20-10-11-25-22(13-20)17(2)15-32(25)5/h6-15,19,30H,1-5H3,(H,35,36)/t19-/m0/s1. The number of hydrogen-bond donors (Lipinski definition) is 2. The summed E-state index contributed by atoms with van der Waals surface area (Å²) in [5.41, 5.74) is 7.24. The Morgan fingerprint density at radius 2 is 1.81 bits per heavy atom. The van der Waals surface area contributed by atoms with Crippen molar-refractivity contribution in [3.8, 4) is 11.3 Å². The van der Waals surface area contributed by atoms with Crippen molar-refractivity contribution in [2.45, 2.75) is 33.7 Å². The average Bonchev–Trinajstić information content (AvgIpc) is 3.14. The molecule has 5 rings (SSSR count). The molecule has 1 atom stereocenters. The van der Waals surface area contributed by atoms with Crippen LogP contribution in [-0.2, 0) is 7.05 Å². The third-order valence-electron chi connectivity index (χ3n) is 6.77. The molecule has 0 saturated heterocycles. The van der Waals surface area contributed by atoms with E-state index in [1.807, 2.05) is 40.0 Å². The molecule has 0 aliphatic rings. The van der Waals surface area contributed by atoms with Gasteiger partial charge in [0.05, 0.1) is 17.3 Å². The summed E-state index contributed by atoms with van der Waals surface area (Å²) in [7, 11) is 2.02. The molecule has 3 aromatic heterocycles. The molecule has 0 aliphatic carbocycles. The summed E-state index contributed by atoms with van der Waals surface area (Å²) in [6.07, 6.45) is 3.89. The zero-order valence-corrected chi connectivity index (χ0v) is 21.0. The van der Waals surface area contributed by atoms with Crippen LogP contribution in [0.15, 0.2) is 65.7 Å². The fourth-order valence-electron chi connectivity index (χ4n) is 4.94. The molecular weight excluding hydrogens is 452 g/mol. The minimum Gasteiger partial charge on any atom is -0.478 e. The van der Waals surface area contributed by atoms with Crippen LogP contribution in [-0.4, -0.2) is 25.0 Å². The second kappa shape index (κ2) is 8.68. The lowest BCUT2D eigenvalue weighted by Crippen LogP contribution is -2.22. The Kier molecular flexibility index (Phi) is 5.63. The number of benzene rings is 2. The van der Waals surface area contributed by atoms with Crippen molar-refractivity contribution in [2.24, 2.45) is 7.05 Å². The van der Waals surface area contributed by atoms with Gasteiger partial charge in [-0.05, 0) is 69.2 Å². The largest absolute Gasteiger partial charge is 0.478 e. The van der Waals surface area contributed by atoms with Crippen molar-refractivity contribution < 1.29 is 9.90 Å². The van der Waals surface area contributed by atoms with E-state index in [1.165, 1.54) is 0 Å². The minimum absolute atomic E-state index is 0.122. The number of aromatic carboxylic acids is 1. The second-order valence-electron chi connectivity index (χ2n) is 9.43. The van der Waals surface area contributed by atoms with Gasteiger partial charge < -0.3 is 15.0 Å². The van der Waals surface area contributed by atoms with E-state index in [4.69, 9.17) is 4.98 Å². The number of hydrogen-bond acceptors (Lipinski definition) is 4. The predicted octanol–water partition coefficient (Wildman–Crippen LogP) is 5.65. The van der Waals surface area contributed by atoms with Gasteiger partial charge in [-0.25, -0.2) is 9.78 Å². The smallest absolute Gasteiger partial charge is 0.337 e. The number of nitrogens with one attached hydrogen (secondary N) is 1. The first-order valence-electron chi connectivity index (χ1n) is 11.8. The van der Waals surface area contributed by atoms with Gasteiger partial charge in [0.2, 0.25) is 0 Å². The lowest BCUT2D eigenvalue weighted by Gasteiger charge is -2.20.